The van der Waals surface area contributed by atoms with Crippen molar-refractivity contribution < 1.29 is 19.1 Å². The number of hydrogen-bond donors (Lipinski definition) is 1. The van der Waals surface area contributed by atoms with Gasteiger partial charge < -0.3 is 5.11 Å². The van der Waals surface area contributed by atoms with Crippen molar-refractivity contribution in [1.82, 2.24) is 0 Å². The molecule has 0 saturated heterocycles. The number of aromatic carboxylic acids is 1. The molecule has 0 spiro atoms. The van der Waals surface area contributed by atoms with Crippen molar-refractivity contribution in [2.45, 2.75) is 0 Å². The summed E-state index contributed by atoms with van der Waals surface area (Å²) in [6, 6.07) is 13.9. The highest BCUT2D eigenvalue weighted by Gasteiger charge is 2.17. The minimum Gasteiger partial charge on any atom is -0.478 e. The lowest BCUT2D eigenvalue weighted by molar-refractivity contribution is 0.0696. The number of carboxylic acids is 1. The third-order valence-electron chi connectivity index (χ3n) is 3.77. The van der Waals surface area contributed by atoms with Gasteiger partial charge in [-0.15, -0.1) is 11.3 Å². The van der Waals surface area contributed by atoms with E-state index in [0.717, 1.165) is 10.4 Å². The number of carboxylic acid groups (broad SMARTS) is 1. The largest absolute Gasteiger partial charge is 0.478 e. The van der Waals surface area contributed by atoms with Crippen LogP contribution in [0.4, 0.5) is 4.39 Å². The molecule has 0 unspecified atom stereocenters. The summed E-state index contributed by atoms with van der Waals surface area (Å²) in [6.07, 6.45) is 0. The fourth-order valence-electron chi connectivity index (χ4n) is 2.42. The van der Waals surface area contributed by atoms with Crippen LogP contribution >= 0.6 is 11.3 Å². The summed E-state index contributed by atoms with van der Waals surface area (Å²) in [4.78, 5) is 24.3. The van der Waals surface area contributed by atoms with Crippen LogP contribution in [-0.4, -0.2) is 16.9 Å². The zero-order valence-corrected chi connectivity index (χ0v) is 13.8. The molecule has 25 heavy (non-hydrogen) atoms. The standard InChI is InChI=1S/C20H13FO3S/c1-12(19(22)13-4-6-14(7-5-13)20(23)24)16-9-8-15(11-17(16)21)18-3-2-10-25-18/h2-11H,1H2,(H,23,24). The van der Waals surface area contributed by atoms with Crippen LogP contribution in [0.5, 0.6) is 0 Å². The summed E-state index contributed by atoms with van der Waals surface area (Å²) in [7, 11) is 0. The third-order valence-corrected chi connectivity index (χ3v) is 4.69. The fraction of sp³-hybridized carbons (Fsp3) is 0. The molecule has 0 amide bonds. The number of allylic oxidation sites excluding steroid dienone is 1. The van der Waals surface area contributed by atoms with Crippen molar-refractivity contribution in [1.29, 1.82) is 0 Å². The summed E-state index contributed by atoms with van der Waals surface area (Å²) in [5, 5.41) is 10.8. The molecule has 0 aliphatic heterocycles. The number of ketones is 1. The first-order chi connectivity index (χ1) is 12.0. The van der Waals surface area contributed by atoms with Gasteiger partial charge in [-0.3, -0.25) is 4.79 Å². The van der Waals surface area contributed by atoms with Crippen LogP contribution in [0.2, 0.25) is 0 Å². The zero-order valence-electron chi connectivity index (χ0n) is 13.0. The Balaban J connectivity index is 1.87. The summed E-state index contributed by atoms with van der Waals surface area (Å²) < 4.78 is 14.5. The van der Waals surface area contributed by atoms with E-state index in [4.69, 9.17) is 5.11 Å². The Bertz CT molecular complexity index is 957. The molecule has 3 nitrogen and oxygen atoms in total. The van der Waals surface area contributed by atoms with Crippen molar-refractivity contribution in [3.63, 3.8) is 0 Å². The smallest absolute Gasteiger partial charge is 0.335 e. The molecular weight excluding hydrogens is 339 g/mol. The maximum absolute atomic E-state index is 14.5. The highest BCUT2D eigenvalue weighted by Crippen LogP contribution is 2.29. The lowest BCUT2D eigenvalue weighted by Gasteiger charge is -2.08. The molecule has 0 fully saturated rings. The van der Waals surface area contributed by atoms with Gasteiger partial charge in [0.1, 0.15) is 5.82 Å². The molecule has 1 aromatic heterocycles. The number of hydrogen-bond acceptors (Lipinski definition) is 3. The first-order valence-corrected chi connectivity index (χ1v) is 8.26. The van der Waals surface area contributed by atoms with Gasteiger partial charge in [-0.25, -0.2) is 9.18 Å². The predicted octanol–water partition coefficient (Wildman–Crippen LogP) is 5.15. The molecule has 0 aliphatic rings. The monoisotopic (exact) mass is 352 g/mol. The van der Waals surface area contributed by atoms with E-state index >= 15 is 0 Å². The second kappa shape index (κ2) is 6.83. The molecule has 0 aliphatic carbocycles. The zero-order chi connectivity index (χ0) is 18.0. The summed E-state index contributed by atoms with van der Waals surface area (Å²) in [5.41, 5.74) is 1.23. The molecule has 0 saturated carbocycles. The van der Waals surface area contributed by atoms with E-state index in [1.165, 1.54) is 47.7 Å². The number of carbonyl (C=O) groups is 2. The Kier molecular flexibility index (Phi) is 4.59. The normalized spacial score (nSPS) is 10.4. The highest BCUT2D eigenvalue weighted by atomic mass is 32.1. The lowest BCUT2D eigenvalue weighted by atomic mass is 9.96. The number of benzene rings is 2. The SMILES string of the molecule is C=C(C(=O)c1ccc(C(=O)O)cc1)c1ccc(-c2cccs2)cc1F. The van der Waals surface area contributed by atoms with Crippen molar-refractivity contribution in [3.8, 4) is 10.4 Å². The maximum atomic E-state index is 14.5. The van der Waals surface area contributed by atoms with E-state index < -0.39 is 17.6 Å². The Labute approximate surface area is 147 Å². The van der Waals surface area contributed by atoms with Gasteiger partial charge in [-0.1, -0.05) is 36.9 Å². The van der Waals surface area contributed by atoms with Gasteiger partial charge in [0.05, 0.1) is 5.56 Å². The van der Waals surface area contributed by atoms with Gasteiger partial charge in [-0.2, -0.15) is 0 Å². The van der Waals surface area contributed by atoms with Crippen LogP contribution in [0.3, 0.4) is 0 Å². The van der Waals surface area contributed by atoms with E-state index in [9.17, 15) is 14.0 Å². The van der Waals surface area contributed by atoms with Crippen LogP contribution in [0.1, 0.15) is 26.3 Å². The number of halogens is 1. The van der Waals surface area contributed by atoms with E-state index in [1.54, 1.807) is 6.07 Å². The van der Waals surface area contributed by atoms with Crippen LogP contribution < -0.4 is 0 Å². The van der Waals surface area contributed by atoms with Gasteiger partial charge in [0, 0.05) is 21.6 Å². The van der Waals surface area contributed by atoms with E-state index in [2.05, 4.69) is 6.58 Å². The van der Waals surface area contributed by atoms with E-state index in [-0.39, 0.29) is 22.3 Å². The van der Waals surface area contributed by atoms with Crippen LogP contribution in [0.15, 0.2) is 66.6 Å². The molecular formula is C20H13FO3S. The molecule has 124 valence electrons. The molecule has 0 radical (unpaired) electrons. The van der Waals surface area contributed by atoms with Crippen molar-refractivity contribution in [2.75, 3.05) is 0 Å². The molecule has 3 aromatic rings. The van der Waals surface area contributed by atoms with Gasteiger partial charge >= 0.3 is 5.97 Å². The first kappa shape index (κ1) is 16.8. The summed E-state index contributed by atoms with van der Waals surface area (Å²) in [5.74, 6) is -2.04. The molecule has 5 heteroatoms. The number of Topliss-reactive ketones (excluding diaryl/α,β-unsaturated/α-hetero) is 1. The van der Waals surface area contributed by atoms with E-state index in [1.807, 2.05) is 17.5 Å². The number of rotatable bonds is 5. The number of thiophene rings is 1. The van der Waals surface area contributed by atoms with E-state index in [0.29, 0.717) is 0 Å². The highest BCUT2D eigenvalue weighted by molar-refractivity contribution is 7.13. The second-order valence-electron chi connectivity index (χ2n) is 5.36. The molecule has 3 rings (SSSR count). The van der Waals surface area contributed by atoms with Crippen molar-refractivity contribution in [2.24, 2.45) is 0 Å². The Morgan fingerprint density at radius 3 is 2.24 bits per heavy atom. The lowest BCUT2D eigenvalue weighted by Crippen LogP contribution is -2.04. The Morgan fingerprint density at radius 2 is 1.68 bits per heavy atom. The summed E-state index contributed by atoms with van der Waals surface area (Å²) >= 11 is 1.50. The molecule has 0 atom stereocenters. The van der Waals surface area contributed by atoms with Crippen molar-refractivity contribution in [3.05, 3.63) is 89.1 Å². The van der Waals surface area contributed by atoms with Crippen LogP contribution in [0, 0.1) is 5.82 Å². The maximum Gasteiger partial charge on any atom is 0.335 e. The summed E-state index contributed by atoms with van der Waals surface area (Å²) in [6.45, 7) is 3.71. The third kappa shape index (κ3) is 3.41. The molecule has 0 bridgehead atoms. The Morgan fingerprint density at radius 1 is 1.00 bits per heavy atom. The minimum atomic E-state index is -1.08. The van der Waals surface area contributed by atoms with Gasteiger partial charge in [-0.05, 0) is 35.2 Å². The van der Waals surface area contributed by atoms with Crippen molar-refractivity contribution >= 4 is 28.7 Å². The van der Waals surface area contributed by atoms with Gasteiger partial charge in [0.2, 0.25) is 0 Å². The van der Waals surface area contributed by atoms with Crippen LogP contribution in [-0.2, 0) is 0 Å². The fourth-order valence-corrected chi connectivity index (χ4v) is 3.14. The molecule has 2 aromatic carbocycles. The molecule has 1 N–H and O–H groups in total. The van der Waals surface area contributed by atoms with Gasteiger partial charge in [0.15, 0.2) is 5.78 Å². The predicted molar refractivity (Wildman–Crippen MR) is 96.5 cm³/mol. The Hall–Kier alpha value is -3.05. The van der Waals surface area contributed by atoms with Crippen LogP contribution in [0.25, 0.3) is 16.0 Å². The average Bonchev–Trinajstić information content (AvgIpc) is 3.15. The second-order valence-corrected chi connectivity index (χ2v) is 6.31. The van der Waals surface area contributed by atoms with Gasteiger partial charge in [0.25, 0.3) is 0 Å². The average molecular weight is 352 g/mol. The molecule has 1 heterocycles. The minimum absolute atomic E-state index is 0.0262. The number of carbonyl (C=O) groups excluding carboxylic acids is 1. The first-order valence-electron chi connectivity index (χ1n) is 7.38. The quantitative estimate of drug-likeness (QED) is 0.510. The topological polar surface area (TPSA) is 54.4 Å².